The summed E-state index contributed by atoms with van der Waals surface area (Å²) in [6, 6.07) is 8.03. The predicted octanol–water partition coefficient (Wildman–Crippen LogP) is 1.85. The quantitative estimate of drug-likeness (QED) is 0.753. The zero-order valence-corrected chi connectivity index (χ0v) is 10.2. The fraction of sp³-hybridized carbons (Fsp3) is 0.333. The van der Waals surface area contributed by atoms with Gasteiger partial charge in [0.15, 0.2) is 5.11 Å². The maximum atomic E-state index is 11.4. The molecule has 0 bridgehead atoms. The third kappa shape index (κ3) is 1.93. The number of carbonyl (C=O) groups excluding carboxylic acids is 1. The van der Waals surface area contributed by atoms with E-state index in [1.165, 1.54) is 0 Å². The monoisotopic (exact) mass is 234 g/mol. The van der Waals surface area contributed by atoms with Crippen molar-refractivity contribution >= 4 is 28.9 Å². The predicted molar refractivity (Wildman–Crippen MR) is 68.4 cm³/mol. The topological polar surface area (TPSA) is 32.3 Å². The first-order chi connectivity index (χ1) is 7.59. The van der Waals surface area contributed by atoms with Crippen LogP contribution < -0.4 is 10.2 Å². The van der Waals surface area contributed by atoms with Crippen molar-refractivity contribution in [3.8, 4) is 0 Å². The molecule has 4 heteroatoms. The van der Waals surface area contributed by atoms with Gasteiger partial charge < -0.3 is 10.2 Å². The normalized spacial score (nSPS) is 20.9. The maximum Gasteiger partial charge on any atom is 0.230 e. The number of nitrogens with one attached hydrogen (secondary N) is 1. The van der Waals surface area contributed by atoms with E-state index < -0.39 is 0 Å². The van der Waals surface area contributed by atoms with Crippen molar-refractivity contribution in [1.29, 1.82) is 0 Å². The van der Waals surface area contributed by atoms with Gasteiger partial charge in [0.25, 0.3) is 0 Å². The molecule has 1 aliphatic heterocycles. The molecule has 0 radical (unpaired) electrons. The maximum absolute atomic E-state index is 11.4. The Morgan fingerprint density at radius 1 is 1.44 bits per heavy atom. The molecule has 1 atom stereocenters. The van der Waals surface area contributed by atoms with Crippen LogP contribution in [0.25, 0.3) is 0 Å². The molecule has 84 valence electrons. The molecular formula is C12H14N2OS. The SMILES string of the molecule is Cc1ccccc1N1C[C@H](C)C(=O)NC1=S. The number of anilines is 1. The highest BCUT2D eigenvalue weighted by atomic mass is 32.1. The number of para-hydroxylation sites is 1. The Hall–Kier alpha value is -1.42. The summed E-state index contributed by atoms with van der Waals surface area (Å²) in [5.41, 5.74) is 2.23. The highest BCUT2D eigenvalue weighted by Gasteiger charge is 2.27. The molecule has 1 aliphatic rings. The molecule has 3 nitrogen and oxygen atoms in total. The molecule has 0 aliphatic carbocycles. The van der Waals surface area contributed by atoms with Gasteiger partial charge in [0.05, 0.1) is 5.92 Å². The van der Waals surface area contributed by atoms with E-state index in [0.29, 0.717) is 11.7 Å². The molecule has 0 saturated carbocycles. The number of nitrogens with zero attached hydrogens (tertiary/aromatic N) is 1. The van der Waals surface area contributed by atoms with E-state index in [1.54, 1.807) is 0 Å². The molecule has 1 amide bonds. The average molecular weight is 234 g/mol. The lowest BCUT2D eigenvalue weighted by atomic mass is 10.1. The van der Waals surface area contributed by atoms with Gasteiger partial charge >= 0.3 is 0 Å². The number of aryl methyl sites for hydroxylation is 1. The Morgan fingerprint density at radius 2 is 2.12 bits per heavy atom. The number of hydrogen-bond acceptors (Lipinski definition) is 2. The van der Waals surface area contributed by atoms with Crippen molar-refractivity contribution in [1.82, 2.24) is 5.32 Å². The van der Waals surface area contributed by atoms with Gasteiger partial charge in [-0.25, -0.2) is 0 Å². The molecule has 1 saturated heterocycles. The van der Waals surface area contributed by atoms with Crippen LogP contribution in [0.15, 0.2) is 24.3 Å². The van der Waals surface area contributed by atoms with Gasteiger partial charge in [-0.3, -0.25) is 4.79 Å². The molecule has 1 aromatic carbocycles. The van der Waals surface area contributed by atoms with Crippen molar-refractivity contribution in [3.63, 3.8) is 0 Å². The number of carbonyl (C=O) groups is 1. The van der Waals surface area contributed by atoms with Crippen LogP contribution in [0.5, 0.6) is 0 Å². The summed E-state index contributed by atoms with van der Waals surface area (Å²) in [4.78, 5) is 13.4. The van der Waals surface area contributed by atoms with E-state index in [9.17, 15) is 4.79 Å². The van der Waals surface area contributed by atoms with E-state index in [2.05, 4.69) is 5.32 Å². The standard InChI is InChI=1S/C12H14N2OS/c1-8-5-3-4-6-10(8)14-7-9(2)11(15)13-12(14)16/h3-6,9H,7H2,1-2H3,(H,13,15,16)/t9-/m0/s1. The second kappa shape index (κ2) is 4.22. The van der Waals surface area contributed by atoms with Crippen molar-refractivity contribution in [3.05, 3.63) is 29.8 Å². The van der Waals surface area contributed by atoms with Gasteiger partial charge in [0.1, 0.15) is 0 Å². The van der Waals surface area contributed by atoms with E-state index in [0.717, 1.165) is 11.3 Å². The van der Waals surface area contributed by atoms with Gasteiger partial charge in [-0.15, -0.1) is 0 Å². The molecule has 0 unspecified atom stereocenters. The number of hydrogen-bond donors (Lipinski definition) is 1. The molecule has 1 heterocycles. The Bertz CT molecular complexity index is 444. The second-order valence-corrected chi connectivity index (χ2v) is 4.48. The number of rotatable bonds is 1. The zero-order valence-electron chi connectivity index (χ0n) is 9.36. The summed E-state index contributed by atoms with van der Waals surface area (Å²) in [6.07, 6.45) is 0. The minimum atomic E-state index is -0.0358. The largest absolute Gasteiger partial charge is 0.318 e. The molecule has 2 rings (SSSR count). The summed E-state index contributed by atoms with van der Waals surface area (Å²) in [5.74, 6) is -0.0267. The molecule has 1 fully saturated rings. The average Bonchev–Trinajstić information content (AvgIpc) is 2.25. The smallest absolute Gasteiger partial charge is 0.230 e. The first-order valence-electron chi connectivity index (χ1n) is 5.27. The third-order valence-electron chi connectivity index (χ3n) is 2.79. The van der Waals surface area contributed by atoms with Crippen LogP contribution in [-0.4, -0.2) is 17.6 Å². The van der Waals surface area contributed by atoms with Crippen molar-refractivity contribution < 1.29 is 4.79 Å². The van der Waals surface area contributed by atoms with E-state index in [1.807, 2.05) is 43.0 Å². The fourth-order valence-electron chi connectivity index (χ4n) is 1.81. The Balaban J connectivity index is 2.31. The minimum absolute atomic E-state index is 0.00911. The fourth-order valence-corrected chi connectivity index (χ4v) is 2.08. The summed E-state index contributed by atoms with van der Waals surface area (Å²) in [6.45, 7) is 4.59. The summed E-state index contributed by atoms with van der Waals surface area (Å²) >= 11 is 5.19. The van der Waals surface area contributed by atoms with Gasteiger partial charge in [-0.1, -0.05) is 25.1 Å². The summed E-state index contributed by atoms with van der Waals surface area (Å²) in [7, 11) is 0. The molecule has 0 spiro atoms. The van der Waals surface area contributed by atoms with Crippen LogP contribution in [-0.2, 0) is 4.79 Å². The molecule has 1 aromatic rings. The first kappa shape index (κ1) is 11.1. The van der Waals surface area contributed by atoms with Crippen molar-refractivity contribution in [2.24, 2.45) is 5.92 Å². The molecule has 16 heavy (non-hydrogen) atoms. The zero-order chi connectivity index (χ0) is 11.7. The van der Waals surface area contributed by atoms with Crippen molar-refractivity contribution in [2.75, 3.05) is 11.4 Å². The third-order valence-corrected chi connectivity index (χ3v) is 3.11. The van der Waals surface area contributed by atoms with Crippen molar-refractivity contribution in [2.45, 2.75) is 13.8 Å². The van der Waals surface area contributed by atoms with Gasteiger partial charge in [0, 0.05) is 12.2 Å². The molecule has 1 N–H and O–H groups in total. The van der Waals surface area contributed by atoms with E-state index in [-0.39, 0.29) is 11.8 Å². The van der Waals surface area contributed by atoms with Crippen LogP contribution in [0.2, 0.25) is 0 Å². The Labute approximate surface area is 100 Å². The number of benzene rings is 1. The Morgan fingerprint density at radius 3 is 2.81 bits per heavy atom. The minimum Gasteiger partial charge on any atom is -0.318 e. The van der Waals surface area contributed by atoms with Gasteiger partial charge in [-0.05, 0) is 30.8 Å². The Kier molecular flexibility index (Phi) is 2.92. The second-order valence-electron chi connectivity index (χ2n) is 4.09. The highest BCUT2D eigenvalue weighted by molar-refractivity contribution is 7.80. The van der Waals surface area contributed by atoms with Crippen LogP contribution in [0.4, 0.5) is 5.69 Å². The van der Waals surface area contributed by atoms with Crippen LogP contribution in [0, 0.1) is 12.8 Å². The van der Waals surface area contributed by atoms with Crippen LogP contribution in [0.1, 0.15) is 12.5 Å². The van der Waals surface area contributed by atoms with Crippen LogP contribution >= 0.6 is 12.2 Å². The number of thiocarbonyl (C=S) groups is 1. The van der Waals surface area contributed by atoms with Crippen LogP contribution in [0.3, 0.4) is 0 Å². The number of amides is 1. The lowest BCUT2D eigenvalue weighted by Gasteiger charge is -2.33. The lowest BCUT2D eigenvalue weighted by Crippen LogP contribution is -2.53. The summed E-state index contributed by atoms with van der Waals surface area (Å²) < 4.78 is 0. The summed E-state index contributed by atoms with van der Waals surface area (Å²) in [5, 5.41) is 3.22. The molecular weight excluding hydrogens is 220 g/mol. The first-order valence-corrected chi connectivity index (χ1v) is 5.68. The van der Waals surface area contributed by atoms with Gasteiger partial charge in [0.2, 0.25) is 5.91 Å². The molecule has 0 aromatic heterocycles. The highest BCUT2D eigenvalue weighted by Crippen LogP contribution is 2.22. The van der Waals surface area contributed by atoms with E-state index >= 15 is 0 Å². The van der Waals surface area contributed by atoms with Gasteiger partial charge in [-0.2, -0.15) is 0 Å². The van der Waals surface area contributed by atoms with E-state index in [4.69, 9.17) is 12.2 Å². The lowest BCUT2D eigenvalue weighted by molar-refractivity contribution is -0.123.